The SMILES string of the molecule is CCc1cc(C(F)(F)F)n2nc([C@@H]3CCN(C(=O)[C@H](C)NC(=O)OCc4ccccc4)C3)cc2n1. The fourth-order valence-electron chi connectivity index (χ4n) is 4.11. The molecular weight excluding hydrogens is 463 g/mol. The molecule has 2 atom stereocenters. The lowest BCUT2D eigenvalue weighted by molar-refractivity contribution is -0.142. The van der Waals surface area contributed by atoms with Gasteiger partial charge in [-0.25, -0.2) is 14.3 Å². The molecule has 0 aliphatic carbocycles. The number of aromatic nitrogens is 3. The number of benzene rings is 1. The van der Waals surface area contributed by atoms with Gasteiger partial charge >= 0.3 is 12.3 Å². The number of alkyl halides is 3. The van der Waals surface area contributed by atoms with E-state index in [-0.39, 0.29) is 30.6 Å². The molecule has 0 radical (unpaired) electrons. The lowest BCUT2D eigenvalue weighted by atomic mass is 10.1. The Bertz CT molecular complexity index is 1210. The Morgan fingerprint density at radius 3 is 2.66 bits per heavy atom. The van der Waals surface area contributed by atoms with Gasteiger partial charge in [0, 0.05) is 30.8 Å². The molecule has 1 aliphatic rings. The number of rotatable bonds is 6. The number of nitrogens with zero attached hydrogens (tertiary/aromatic N) is 4. The smallest absolute Gasteiger partial charge is 0.433 e. The second-order valence-electron chi connectivity index (χ2n) is 8.52. The summed E-state index contributed by atoms with van der Waals surface area (Å²) in [5, 5.41) is 6.72. The van der Waals surface area contributed by atoms with Crippen molar-refractivity contribution in [3.05, 3.63) is 65.1 Å². The van der Waals surface area contributed by atoms with Crippen LogP contribution in [0.5, 0.6) is 0 Å². The van der Waals surface area contributed by atoms with Gasteiger partial charge in [0.15, 0.2) is 5.65 Å². The standard InChI is InChI=1S/C24H26F3N5O3/c1-3-18-11-20(24(25,26)27)32-21(29-18)12-19(30-32)17-9-10-31(13-17)22(33)15(2)28-23(34)35-14-16-7-5-4-6-8-16/h4-8,11-12,15,17H,3,9-10,13-14H2,1-2H3,(H,28,34)/t15-,17+/m0/s1. The summed E-state index contributed by atoms with van der Waals surface area (Å²) in [6.45, 7) is 4.08. The van der Waals surface area contributed by atoms with Gasteiger partial charge in [0.05, 0.1) is 5.69 Å². The van der Waals surface area contributed by atoms with E-state index in [1.54, 1.807) is 24.8 Å². The maximum absolute atomic E-state index is 13.5. The third kappa shape index (κ3) is 5.55. The van der Waals surface area contributed by atoms with E-state index in [0.717, 1.165) is 16.1 Å². The molecule has 1 saturated heterocycles. The van der Waals surface area contributed by atoms with Crippen molar-refractivity contribution in [3.63, 3.8) is 0 Å². The number of fused-ring (bicyclic) bond motifs is 1. The molecule has 4 rings (SSSR count). The van der Waals surface area contributed by atoms with E-state index >= 15 is 0 Å². The van der Waals surface area contributed by atoms with Crippen molar-refractivity contribution >= 4 is 17.6 Å². The Morgan fingerprint density at radius 2 is 1.97 bits per heavy atom. The third-order valence-electron chi connectivity index (χ3n) is 5.99. The van der Waals surface area contributed by atoms with Crippen LogP contribution in [0.1, 0.15) is 48.8 Å². The first-order valence-electron chi connectivity index (χ1n) is 11.4. The summed E-state index contributed by atoms with van der Waals surface area (Å²) in [5.41, 5.74) is 0.870. The van der Waals surface area contributed by atoms with E-state index in [0.29, 0.717) is 30.8 Å². The largest absolute Gasteiger partial charge is 0.445 e. The molecule has 1 aliphatic heterocycles. The van der Waals surface area contributed by atoms with E-state index in [9.17, 15) is 22.8 Å². The van der Waals surface area contributed by atoms with Gasteiger partial charge in [0.25, 0.3) is 0 Å². The number of amides is 2. The second kappa shape index (κ2) is 9.93. The highest BCUT2D eigenvalue weighted by molar-refractivity contribution is 5.85. The molecular formula is C24H26F3N5O3. The Morgan fingerprint density at radius 1 is 1.23 bits per heavy atom. The van der Waals surface area contributed by atoms with Crippen LogP contribution in [0, 0.1) is 0 Å². The van der Waals surface area contributed by atoms with E-state index in [4.69, 9.17) is 4.74 Å². The zero-order chi connectivity index (χ0) is 25.2. The number of halogens is 3. The van der Waals surface area contributed by atoms with Crippen molar-refractivity contribution in [3.8, 4) is 0 Å². The van der Waals surface area contributed by atoms with Gasteiger partial charge in [-0.15, -0.1) is 0 Å². The van der Waals surface area contributed by atoms with E-state index < -0.39 is 24.0 Å². The van der Waals surface area contributed by atoms with E-state index in [1.165, 1.54) is 0 Å². The number of aryl methyl sites for hydroxylation is 1. The summed E-state index contributed by atoms with van der Waals surface area (Å²) in [5.74, 6) is -0.528. The molecule has 3 aromatic rings. The maximum Gasteiger partial charge on any atom is 0.433 e. The molecule has 8 nitrogen and oxygen atoms in total. The minimum atomic E-state index is -4.57. The Kier molecular flexibility index (Phi) is 6.95. The molecule has 35 heavy (non-hydrogen) atoms. The van der Waals surface area contributed by atoms with Crippen molar-refractivity contribution in [2.45, 2.75) is 51.4 Å². The van der Waals surface area contributed by atoms with Crippen LogP contribution >= 0.6 is 0 Å². The summed E-state index contributed by atoms with van der Waals surface area (Å²) in [6, 6.07) is 10.9. The maximum atomic E-state index is 13.5. The van der Waals surface area contributed by atoms with E-state index in [1.807, 2.05) is 30.3 Å². The quantitative estimate of drug-likeness (QED) is 0.567. The average Bonchev–Trinajstić information content (AvgIpc) is 3.48. The normalized spacial score (nSPS) is 16.9. The van der Waals surface area contributed by atoms with Gasteiger partial charge in [-0.1, -0.05) is 37.3 Å². The highest BCUT2D eigenvalue weighted by Gasteiger charge is 2.36. The predicted molar refractivity (Wildman–Crippen MR) is 121 cm³/mol. The van der Waals surface area contributed by atoms with Crippen LogP contribution in [0.4, 0.5) is 18.0 Å². The van der Waals surface area contributed by atoms with Gasteiger partial charge in [0.2, 0.25) is 5.91 Å². The first-order chi connectivity index (χ1) is 16.7. The second-order valence-corrected chi connectivity index (χ2v) is 8.52. The lowest BCUT2D eigenvalue weighted by Crippen LogP contribution is -2.46. The minimum absolute atomic E-state index is 0.0843. The summed E-state index contributed by atoms with van der Waals surface area (Å²) in [7, 11) is 0. The summed E-state index contributed by atoms with van der Waals surface area (Å²) in [4.78, 5) is 30.8. The molecule has 1 N–H and O–H groups in total. The minimum Gasteiger partial charge on any atom is -0.445 e. The van der Waals surface area contributed by atoms with Crippen LogP contribution in [0.3, 0.4) is 0 Å². The summed E-state index contributed by atoms with van der Waals surface area (Å²) in [6.07, 6.45) is -4.36. The number of ether oxygens (including phenoxy) is 1. The number of hydrogen-bond acceptors (Lipinski definition) is 5. The van der Waals surface area contributed by atoms with Crippen molar-refractivity contribution in [1.82, 2.24) is 24.8 Å². The summed E-state index contributed by atoms with van der Waals surface area (Å²) < 4.78 is 46.6. The Balaban J connectivity index is 1.39. The molecule has 1 aromatic carbocycles. The van der Waals surface area contributed by atoms with Crippen LogP contribution in [0.15, 0.2) is 42.5 Å². The van der Waals surface area contributed by atoms with Crippen LogP contribution in [-0.4, -0.2) is 50.6 Å². The fourth-order valence-corrected chi connectivity index (χ4v) is 4.11. The molecule has 2 aromatic heterocycles. The number of carbonyl (C=O) groups excluding carboxylic acids is 2. The van der Waals surface area contributed by atoms with Crippen molar-refractivity contribution < 1.29 is 27.5 Å². The monoisotopic (exact) mass is 489 g/mol. The van der Waals surface area contributed by atoms with E-state index in [2.05, 4.69) is 15.4 Å². The Hall–Kier alpha value is -3.63. The molecule has 0 bridgehead atoms. The van der Waals surface area contributed by atoms with Crippen LogP contribution in [0.25, 0.3) is 5.65 Å². The predicted octanol–water partition coefficient (Wildman–Crippen LogP) is 3.94. The van der Waals surface area contributed by atoms with Gasteiger partial charge in [-0.05, 0) is 31.4 Å². The zero-order valence-corrected chi connectivity index (χ0v) is 19.4. The van der Waals surface area contributed by atoms with Gasteiger partial charge in [0.1, 0.15) is 18.3 Å². The van der Waals surface area contributed by atoms with Crippen molar-refractivity contribution in [1.29, 1.82) is 0 Å². The number of carbonyl (C=O) groups is 2. The molecule has 11 heteroatoms. The van der Waals surface area contributed by atoms with Gasteiger partial charge < -0.3 is 15.0 Å². The number of nitrogens with one attached hydrogen (secondary N) is 1. The van der Waals surface area contributed by atoms with Crippen molar-refractivity contribution in [2.75, 3.05) is 13.1 Å². The van der Waals surface area contributed by atoms with Crippen LogP contribution in [-0.2, 0) is 28.7 Å². The molecule has 0 saturated carbocycles. The molecule has 0 unspecified atom stereocenters. The molecule has 2 amide bonds. The number of alkyl carbamates (subject to hydrolysis) is 1. The first-order valence-corrected chi connectivity index (χ1v) is 11.4. The summed E-state index contributed by atoms with van der Waals surface area (Å²) >= 11 is 0. The molecule has 3 heterocycles. The highest BCUT2D eigenvalue weighted by atomic mass is 19.4. The zero-order valence-electron chi connectivity index (χ0n) is 19.4. The molecule has 186 valence electrons. The van der Waals surface area contributed by atoms with Crippen molar-refractivity contribution in [2.24, 2.45) is 0 Å². The third-order valence-corrected chi connectivity index (χ3v) is 5.99. The number of likely N-dealkylation sites (tertiary alicyclic amines) is 1. The topological polar surface area (TPSA) is 88.8 Å². The van der Waals surface area contributed by atoms with Crippen LogP contribution < -0.4 is 5.32 Å². The fraction of sp³-hybridized carbons (Fsp3) is 0.417. The first kappa shape index (κ1) is 24.5. The molecule has 0 spiro atoms. The van der Waals surface area contributed by atoms with Gasteiger partial charge in [-0.3, -0.25) is 4.79 Å². The van der Waals surface area contributed by atoms with Gasteiger partial charge in [-0.2, -0.15) is 18.3 Å². The average molecular weight is 489 g/mol. The van der Waals surface area contributed by atoms with Crippen LogP contribution in [0.2, 0.25) is 0 Å². The Labute approximate surface area is 200 Å². The lowest BCUT2D eigenvalue weighted by Gasteiger charge is -2.21. The molecule has 1 fully saturated rings. The number of hydrogen-bond donors (Lipinski definition) is 1. The highest BCUT2D eigenvalue weighted by Crippen LogP contribution is 2.32.